The quantitative estimate of drug-likeness (QED) is 0.878. The van der Waals surface area contributed by atoms with Crippen molar-refractivity contribution in [3.05, 3.63) is 29.8 Å². The molecule has 1 N–H and O–H groups in total. The summed E-state index contributed by atoms with van der Waals surface area (Å²) in [4.78, 5) is 17.0. The van der Waals surface area contributed by atoms with E-state index >= 15 is 0 Å². The Morgan fingerprint density at radius 2 is 2.05 bits per heavy atom. The van der Waals surface area contributed by atoms with E-state index in [9.17, 15) is 4.79 Å². The third-order valence-corrected chi connectivity index (χ3v) is 4.40. The minimum atomic E-state index is 0.150. The highest BCUT2D eigenvalue weighted by Crippen LogP contribution is 2.18. The van der Waals surface area contributed by atoms with Crippen LogP contribution in [0.1, 0.15) is 44.0 Å². The second kappa shape index (κ2) is 8.18. The summed E-state index contributed by atoms with van der Waals surface area (Å²) in [7, 11) is 0. The predicted molar refractivity (Wildman–Crippen MR) is 92.6 cm³/mol. The fourth-order valence-electron chi connectivity index (χ4n) is 2.94. The summed E-state index contributed by atoms with van der Waals surface area (Å²) in [6.45, 7) is 11.1. The Morgan fingerprint density at radius 3 is 2.64 bits per heavy atom. The number of piperazine rings is 1. The SMILES string of the molecule is CCCCN(CC)c1ccc(C(=O)N2CCNCC2C)cc1. The van der Waals surface area contributed by atoms with Crippen LogP contribution < -0.4 is 10.2 Å². The van der Waals surface area contributed by atoms with Crippen LogP contribution in [0.3, 0.4) is 0 Å². The number of nitrogens with zero attached hydrogens (tertiary/aromatic N) is 2. The number of carbonyl (C=O) groups is 1. The highest BCUT2D eigenvalue weighted by molar-refractivity contribution is 5.94. The highest BCUT2D eigenvalue weighted by Gasteiger charge is 2.23. The van der Waals surface area contributed by atoms with Crippen LogP contribution in [0.5, 0.6) is 0 Å². The van der Waals surface area contributed by atoms with Crippen molar-refractivity contribution in [1.82, 2.24) is 10.2 Å². The van der Waals surface area contributed by atoms with Crippen molar-refractivity contribution in [1.29, 1.82) is 0 Å². The Balaban J connectivity index is 2.05. The van der Waals surface area contributed by atoms with Gasteiger partial charge < -0.3 is 15.1 Å². The van der Waals surface area contributed by atoms with E-state index in [4.69, 9.17) is 0 Å². The second-order valence-electron chi connectivity index (χ2n) is 6.03. The van der Waals surface area contributed by atoms with E-state index in [2.05, 4.69) is 43.1 Å². The van der Waals surface area contributed by atoms with E-state index in [-0.39, 0.29) is 11.9 Å². The van der Waals surface area contributed by atoms with Crippen LogP contribution >= 0.6 is 0 Å². The van der Waals surface area contributed by atoms with Crippen molar-refractivity contribution in [3.8, 4) is 0 Å². The number of rotatable bonds is 6. The van der Waals surface area contributed by atoms with Crippen LogP contribution in [0.4, 0.5) is 5.69 Å². The zero-order valence-corrected chi connectivity index (χ0v) is 14.1. The van der Waals surface area contributed by atoms with Gasteiger partial charge in [0.2, 0.25) is 0 Å². The molecule has 2 rings (SSSR count). The zero-order valence-electron chi connectivity index (χ0n) is 14.1. The van der Waals surface area contributed by atoms with Gasteiger partial charge in [0.05, 0.1) is 0 Å². The first-order valence-corrected chi connectivity index (χ1v) is 8.54. The average Bonchev–Trinajstić information content (AvgIpc) is 2.56. The van der Waals surface area contributed by atoms with Gasteiger partial charge in [0.1, 0.15) is 0 Å². The molecule has 1 aromatic rings. The molecule has 4 nitrogen and oxygen atoms in total. The molecule has 1 unspecified atom stereocenters. The number of nitrogens with one attached hydrogen (secondary N) is 1. The molecule has 1 aliphatic heterocycles. The Bertz CT molecular complexity index is 472. The van der Waals surface area contributed by atoms with Gasteiger partial charge in [-0.1, -0.05) is 13.3 Å². The maximum absolute atomic E-state index is 12.6. The van der Waals surface area contributed by atoms with Crippen LogP contribution in [-0.4, -0.2) is 49.6 Å². The molecule has 1 heterocycles. The van der Waals surface area contributed by atoms with Crippen molar-refractivity contribution < 1.29 is 4.79 Å². The van der Waals surface area contributed by atoms with Crippen molar-refractivity contribution in [2.75, 3.05) is 37.6 Å². The molecule has 0 saturated carbocycles. The summed E-state index contributed by atoms with van der Waals surface area (Å²) >= 11 is 0. The van der Waals surface area contributed by atoms with Crippen LogP contribution in [-0.2, 0) is 0 Å². The normalized spacial score (nSPS) is 18.3. The molecule has 0 aliphatic carbocycles. The van der Waals surface area contributed by atoms with Crippen molar-refractivity contribution in [2.45, 2.75) is 39.7 Å². The third kappa shape index (κ3) is 4.01. The minimum Gasteiger partial charge on any atom is -0.372 e. The Kier molecular flexibility index (Phi) is 6.25. The van der Waals surface area contributed by atoms with E-state index in [1.807, 2.05) is 17.0 Å². The molecular weight excluding hydrogens is 274 g/mol. The minimum absolute atomic E-state index is 0.150. The topological polar surface area (TPSA) is 35.6 Å². The first-order valence-electron chi connectivity index (χ1n) is 8.54. The number of amides is 1. The molecule has 122 valence electrons. The van der Waals surface area contributed by atoms with Gasteiger partial charge in [-0.25, -0.2) is 0 Å². The Morgan fingerprint density at radius 1 is 1.32 bits per heavy atom. The summed E-state index contributed by atoms with van der Waals surface area (Å²) in [6, 6.07) is 8.37. The highest BCUT2D eigenvalue weighted by atomic mass is 16.2. The molecule has 0 radical (unpaired) electrons. The molecule has 1 fully saturated rings. The summed E-state index contributed by atoms with van der Waals surface area (Å²) in [6.07, 6.45) is 2.40. The van der Waals surface area contributed by atoms with Gasteiger partial charge in [-0.2, -0.15) is 0 Å². The number of hydrogen-bond acceptors (Lipinski definition) is 3. The van der Waals surface area contributed by atoms with E-state index in [0.717, 1.165) is 38.3 Å². The standard InChI is InChI=1S/C18H29N3O/c1-4-6-12-20(5-2)17-9-7-16(8-10-17)18(22)21-13-11-19-14-15(21)3/h7-10,15,19H,4-6,11-14H2,1-3H3. The third-order valence-electron chi connectivity index (χ3n) is 4.40. The number of unbranched alkanes of at least 4 members (excludes halogenated alkanes) is 1. The summed E-state index contributed by atoms with van der Waals surface area (Å²) in [5.41, 5.74) is 2.00. The lowest BCUT2D eigenvalue weighted by Crippen LogP contribution is -2.52. The molecule has 1 aromatic carbocycles. The smallest absolute Gasteiger partial charge is 0.254 e. The lowest BCUT2D eigenvalue weighted by molar-refractivity contribution is 0.0656. The van der Waals surface area contributed by atoms with Crippen molar-refractivity contribution >= 4 is 11.6 Å². The molecule has 1 saturated heterocycles. The molecule has 0 spiro atoms. The van der Waals surface area contributed by atoms with E-state index in [1.54, 1.807) is 0 Å². The molecule has 4 heteroatoms. The fourth-order valence-corrected chi connectivity index (χ4v) is 2.94. The van der Waals surface area contributed by atoms with Gasteiger partial charge in [-0.15, -0.1) is 0 Å². The molecule has 1 amide bonds. The first kappa shape index (κ1) is 16.8. The summed E-state index contributed by atoms with van der Waals surface area (Å²) in [5.74, 6) is 0.150. The first-order chi connectivity index (χ1) is 10.7. The summed E-state index contributed by atoms with van der Waals surface area (Å²) < 4.78 is 0. The molecule has 0 aromatic heterocycles. The second-order valence-corrected chi connectivity index (χ2v) is 6.03. The van der Waals surface area contributed by atoms with Crippen LogP contribution in [0.2, 0.25) is 0 Å². The molecule has 1 atom stereocenters. The Hall–Kier alpha value is -1.55. The van der Waals surface area contributed by atoms with Gasteiger partial charge >= 0.3 is 0 Å². The maximum atomic E-state index is 12.6. The zero-order chi connectivity index (χ0) is 15.9. The van der Waals surface area contributed by atoms with Crippen LogP contribution in [0, 0.1) is 0 Å². The largest absolute Gasteiger partial charge is 0.372 e. The number of anilines is 1. The van der Waals surface area contributed by atoms with E-state index < -0.39 is 0 Å². The van der Waals surface area contributed by atoms with Gasteiger partial charge in [-0.3, -0.25) is 4.79 Å². The van der Waals surface area contributed by atoms with Crippen LogP contribution in [0.25, 0.3) is 0 Å². The monoisotopic (exact) mass is 303 g/mol. The molecule has 1 aliphatic rings. The van der Waals surface area contributed by atoms with E-state index in [0.29, 0.717) is 0 Å². The van der Waals surface area contributed by atoms with Gasteiger partial charge in [0, 0.05) is 50.0 Å². The number of benzene rings is 1. The average molecular weight is 303 g/mol. The Labute approximate surface area is 134 Å². The maximum Gasteiger partial charge on any atom is 0.254 e. The van der Waals surface area contributed by atoms with Gasteiger partial charge in [-0.05, 0) is 44.5 Å². The lowest BCUT2D eigenvalue weighted by atomic mass is 10.1. The van der Waals surface area contributed by atoms with Gasteiger partial charge in [0.25, 0.3) is 5.91 Å². The van der Waals surface area contributed by atoms with Crippen LogP contribution in [0.15, 0.2) is 24.3 Å². The van der Waals surface area contributed by atoms with Crippen molar-refractivity contribution in [3.63, 3.8) is 0 Å². The van der Waals surface area contributed by atoms with Crippen molar-refractivity contribution in [2.24, 2.45) is 0 Å². The molecular formula is C18H29N3O. The number of hydrogen-bond donors (Lipinski definition) is 1. The van der Waals surface area contributed by atoms with Gasteiger partial charge in [0.15, 0.2) is 0 Å². The molecule has 22 heavy (non-hydrogen) atoms. The number of carbonyl (C=O) groups excluding carboxylic acids is 1. The summed E-state index contributed by atoms with van der Waals surface area (Å²) in [5, 5.41) is 3.32. The predicted octanol–water partition coefficient (Wildman–Crippen LogP) is 2.75. The van der Waals surface area contributed by atoms with E-state index in [1.165, 1.54) is 18.5 Å². The molecule has 0 bridgehead atoms. The fraction of sp³-hybridized carbons (Fsp3) is 0.611. The lowest BCUT2D eigenvalue weighted by Gasteiger charge is -2.34.